The minimum Gasteiger partial charge on any atom is -0.379 e. The van der Waals surface area contributed by atoms with Crippen LogP contribution in [0.4, 0.5) is 5.69 Å². The molecule has 19 heavy (non-hydrogen) atoms. The van der Waals surface area contributed by atoms with Gasteiger partial charge in [0.05, 0.1) is 0 Å². The molecule has 0 radical (unpaired) electrons. The van der Waals surface area contributed by atoms with E-state index >= 15 is 0 Å². The van der Waals surface area contributed by atoms with Crippen LogP contribution in [0.1, 0.15) is 57.4 Å². The van der Waals surface area contributed by atoms with E-state index in [-0.39, 0.29) is 5.54 Å². The van der Waals surface area contributed by atoms with Gasteiger partial charge < -0.3 is 10.6 Å². The first kappa shape index (κ1) is 14.4. The number of rotatable bonds is 5. The molecule has 1 aromatic rings. The van der Waals surface area contributed by atoms with Gasteiger partial charge in [-0.05, 0) is 57.4 Å². The highest BCUT2D eigenvalue weighted by atomic mass is 15.0. The van der Waals surface area contributed by atoms with E-state index in [2.05, 4.69) is 48.7 Å². The summed E-state index contributed by atoms with van der Waals surface area (Å²) in [4.78, 5) is 0. The standard InChI is InChI=1S/C17H28N2/c1-17(2,13-18-3)19-16-11-9-15(10-12-16)14-7-5-4-6-8-14/h9-12,14,18-19H,4-8,13H2,1-3H3. The summed E-state index contributed by atoms with van der Waals surface area (Å²) in [6.45, 7) is 5.40. The average molecular weight is 260 g/mol. The average Bonchev–Trinajstić information content (AvgIpc) is 2.40. The van der Waals surface area contributed by atoms with Gasteiger partial charge in [0.15, 0.2) is 0 Å². The Labute approximate surface area is 118 Å². The monoisotopic (exact) mass is 260 g/mol. The Hall–Kier alpha value is -1.02. The van der Waals surface area contributed by atoms with Crippen LogP contribution < -0.4 is 10.6 Å². The van der Waals surface area contributed by atoms with Crippen molar-refractivity contribution in [3.8, 4) is 0 Å². The van der Waals surface area contributed by atoms with Gasteiger partial charge in [0.25, 0.3) is 0 Å². The molecule has 0 saturated heterocycles. The van der Waals surface area contributed by atoms with Gasteiger partial charge in [0.1, 0.15) is 0 Å². The van der Waals surface area contributed by atoms with Gasteiger partial charge in [-0.25, -0.2) is 0 Å². The van der Waals surface area contributed by atoms with Crippen molar-refractivity contribution in [3.05, 3.63) is 29.8 Å². The molecule has 1 aromatic carbocycles. The highest BCUT2D eigenvalue weighted by Crippen LogP contribution is 2.33. The van der Waals surface area contributed by atoms with E-state index in [4.69, 9.17) is 0 Å². The molecule has 0 unspecified atom stereocenters. The molecule has 0 spiro atoms. The van der Waals surface area contributed by atoms with E-state index < -0.39 is 0 Å². The number of anilines is 1. The Kier molecular flexibility index (Phi) is 4.87. The largest absolute Gasteiger partial charge is 0.379 e. The highest BCUT2D eigenvalue weighted by molar-refractivity contribution is 5.47. The van der Waals surface area contributed by atoms with Gasteiger partial charge in [-0.2, -0.15) is 0 Å². The maximum Gasteiger partial charge on any atom is 0.0441 e. The van der Waals surface area contributed by atoms with Crippen LogP contribution in [0.3, 0.4) is 0 Å². The van der Waals surface area contributed by atoms with Crippen LogP contribution >= 0.6 is 0 Å². The summed E-state index contributed by atoms with van der Waals surface area (Å²) in [6, 6.07) is 9.10. The zero-order valence-corrected chi connectivity index (χ0v) is 12.6. The van der Waals surface area contributed by atoms with Crippen molar-refractivity contribution in [1.82, 2.24) is 5.32 Å². The summed E-state index contributed by atoms with van der Waals surface area (Å²) in [6.07, 6.45) is 6.98. The van der Waals surface area contributed by atoms with Crippen LogP contribution in [0.2, 0.25) is 0 Å². The number of hydrogen-bond donors (Lipinski definition) is 2. The van der Waals surface area contributed by atoms with E-state index in [0.717, 1.165) is 12.5 Å². The summed E-state index contributed by atoms with van der Waals surface area (Å²) in [5, 5.41) is 6.82. The fourth-order valence-electron chi connectivity index (χ4n) is 3.15. The van der Waals surface area contributed by atoms with Gasteiger partial charge in [-0.3, -0.25) is 0 Å². The second-order valence-corrected chi connectivity index (χ2v) is 6.50. The van der Waals surface area contributed by atoms with Crippen molar-refractivity contribution in [2.24, 2.45) is 0 Å². The van der Waals surface area contributed by atoms with Crippen molar-refractivity contribution in [3.63, 3.8) is 0 Å². The molecule has 0 aliphatic heterocycles. The van der Waals surface area contributed by atoms with Crippen LogP contribution in [0.5, 0.6) is 0 Å². The molecule has 0 bridgehead atoms. The van der Waals surface area contributed by atoms with Crippen LogP contribution in [0.15, 0.2) is 24.3 Å². The maximum absolute atomic E-state index is 3.59. The molecule has 1 aliphatic carbocycles. The quantitative estimate of drug-likeness (QED) is 0.831. The molecule has 1 saturated carbocycles. The maximum atomic E-state index is 3.59. The molecule has 0 amide bonds. The molecule has 0 aromatic heterocycles. The van der Waals surface area contributed by atoms with E-state index in [0.29, 0.717) is 0 Å². The fraction of sp³-hybridized carbons (Fsp3) is 0.647. The van der Waals surface area contributed by atoms with Gasteiger partial charge in [-0.15, -0.1) is 0 Å². The second-order valence-electron chi connectivity index (χ2n) is 6.50. The van der Waals surface area contributed by atoms with Gasteiger partial charge >= 0.3 is 0 Å². The van der Waals surface area contributed by atoms with Crippen molar-refractivity contribution < 1.29 is 0 Å². The minimum atomic E-state index is 0.0844. The molecule has 2 rings (SSSR count). The zero-order chi connectivity index (χ0) is 13.7. The molecular formula is C17H28N2. The lowest BCUT2D eigenvalue weighted by atomic mass is 9.84. The third kappa shape index (κ3) is 4.24. The van der Waals surface area contributed by atoms with E-state index in [1.165, 1.54) is 43.4 Å². The van der Waals surface area contributed by atoms with Gasteiger partial charge in [-0.1, -0.05) is 31.4 Å². The Bertz CT molecular complexity index is 375. The molecular weight excluding hydrogens is 232 g/mol. The topological polar surface area (TPSA) is 24.1 Å². The molecule has 2 heteroatoms. The number of nitrogens with one attached hydrogen (secondary N) is 2. The first-order valence-corrected chi connectivity index (χ1v) is 7.63. The van der Waals surface area contributed by atoms with Gasteiger partial charge in [0, 0.05) is 17.8 Å². The van der Waals surface area contributed by atoms with Crippen molar-refractivity contribution >= 4 is 5.69 Å². The van der Waals surface area contributed by atoms with E-state index in [9.17, 15) is 0 Å². The predicted molar refractivity (Wildman–Crippen MR) is 83.9 cm³/mol. The molecule has 2 N–H and O–H groups in total. The zero-order valence-electron chi connectivity index (χ0n) is 12.6. The lowest BCUT2D eigenvalue weighted by molar-refractivity contribution is 0.443. The summed E-state index contributed by atoms with van der Waals surface area (Å²) in [5.41, 5.74) is 2.83. The Morgan fingerprint density at radius 1 is 1.05 bits per heavy atom. The Morgan fingerprint density at radius 3 is 2.26 bits per heavy atom. The lowest BCUT2D eigenvalue weighted by Crippen LogP contribution is -2.40. The minimum absolute atomic E-state index is 0.0844. The van der Waals surface area contributed by atoms with Crippen LogP contribution in [-0.4, -0.2) is 19.1 Å². The lowest BCUT2D eigenvalue weighted by Gasteiger charge is -2.28. The van der Waals surface area contributed by atoms with Crippen LogP contribution in [0.25, 0.3) is 0 Å². The number of hydrogen-bond acceptors (Lipinski definition) is 2. The van der Waals surface area contributed by atoms with Crippen molar-refractivity contribution in [1.29, 1.82) is 0 Å². The second kappa shape index (κ2) is 6.42. The SMILES string of the molecule is CNCC(C)(C)Nc1ccc(C2CCCCC2)cc1. The summed E-state index contributed by atoms with van der Waals surface area (Å²) in [7, 11) is 2.00. The van der Waals surface area contributed by atoms with Crippen LogP contribution in [-0.2, 0) is 0 Å². The first-order chi connectivity index (χ1) is 9.11. The third-order valence-corrected chi connectivity index (χ3v) is 4.09. The molecule has 0 atom stereocenters. The Morgan fingerprint density at radius 2 is 1.68 bits per heavy atom. The van der Waals surface area contributed by atoms with E-state index in [1.807, 2.05) is 7.05 Å². The fourth-order valence-corrected chi connectivity index (χ4v) is 3.15. The molecule has 2 nitrogen and oxygen atoms in total. The Balaban J connectivity index is 1.97. The van der Waals surface area contributed by atoms with Gasteiger partial charge in [0.2, 0.25) is 0 Å². The van der Waals surface area contributed by atoms with Crippen molar-refractivity contribution in [2.75, 3.05) is 18.9 Å². The van der Waals surface area contributed by atoms with E-state index in [1.54, 1.807) is 0 Å². The predicted octanol–water partition coefficient (Wildman–Crippen LogP) is 4.14. The van der Waals surface area contributed by atoms with Crippen LogP contribution in [0, 0.1) is 0 Å². The smallest absolute Gasteiger partial charge is 0.0441 e. The molecule has 106 valence electrons. The normalized spacial score (nSPS) is 17.4. The highest BCUT2D eigenvalue weighted by Gasteiger charge is 2.17. The molecule has 1 fully saturated rings. The number of benzene rings is 1. The summed E-state index contributed by atoms with van der Waals surface area (Å²) in [5.74, 6) is 0.799. The molecule has 1 aliphatic rings. The third-order valence-electron chi connectivity index (χ3n) is 4.09. The number of likely N-dealkylation sites (N-methyl/N-ethyl adjacent to an activating group) is 1. The molecule has 0 heterocycles. The summed E-state index contributed by atoms with van der Waals surface area (Å²) >= 11 is 0. The van der Waals surface area contributed by atoms with Crippen molar-refractivity contribution in [2.45, 2.75) is 57.4 Å². The first-order valence-electron chi connectivity index (χ1n) is 7.63. The summed E-state index contributed by atoms with van der Waals surface area (Å²) < 4.78 is 0.